The number of benzene rings is 1. The van der Waals surface area contributed by atoms with Crippen molar-refractivity contribution in [1.29, 1.82) is 0 Å². The van der Waals surface area contributed by atoms with Crippen molar-refractivity contribution in [2.75, 3.05) is 5.32 Å². The second-order valence-corrected chi connectivity index (χ2v) is 8.96. The molecule has 1 unspecified atom stereocenters. The lowest BCUT2D eigenvalue weighted by molar-refractivity contribution is 0.229. The molecule has 0 aliphatic heterocycles. The summed E-state index contributed by atoms with van der Waals surface area (Å²) >= 11 is 2.10. The molecule has 3 rings (SSSR count). The molecule has 21 heavy (non-hydrogen) atoms. The van der Waals surface area contributed by atoms with E-state index in [9.17, 15) is 0 Å². The molecule has 1 atom stereocenters. The molecular formula is C19H29NS. The summed E-state index contributed by atoms with van der Waals surface area (Å²) in [4.78, 5) is 1.47. The average Bonchev–Trinajstić information content (AvgIpc) is 2.93. The Morgan fingerprint density at radius 3 is 2.57 bits per heavy atom. The van der Waals surface area contributed by atoms with Crippen LogP contribution < -0.4 is 5.32 Å². The summed E-state index contributed by atoms with van der Waals surface area (Å²) in [5.74, 6) is 0. The third kappa shape index (κ3) is 4.18. The van der Waals surface area contributed by atoms with Crippen LogP contribution >= 0.6 is 11.8 Å². The Kier molecular flexibility index (Phi) is 4.83. The van der Waals surface area contributed by atoms with Gasteiger partial charge in [-0.1, -0.05) is 45.2 Å². The Hall–Kier alpha value is -0.630. The lowest BCUT2D eigenvalue weighted by atomic mass is 9.75. The molecule has 0 saturated heterocycles. The minimum absolute atomic E-state index is 0.503. The van der Waals surface area contributed by atoms with E-state index in [1.165, 1.54) is 61.9 Å². The van der Waals surface area contributed by atoms with Gasteiger partial charge < -0.3 is 5.32 Å². The van der Waals surface area contributed by atoms with Crippen LogP contribution in [0.25, 0.3) is 0 Å². The Balaban J connectivity index is 1.67. The molecule has 2 fully saturated rings. The zero-order chi connectivity index (χ0) is 14.7. The highest BCUT2D eigenvalue weighted by Gasteiger charge is 2.28. The Morgan fingerprint density at radius 1 is 1.05 bits per heavy atom. The van der Waals surface area contributed by atoms with E-state index in [-0.39, 0.29) is 0 Å². The van der Waals surface area contributed by atoms with Crippen molar-refractivity contribution in [1.82, 2.24) is 0 Å². The van der Waals surface area contributed by atoms with Crippen LogP contribution in [0.4, 0.5) is 5.69 Å². The first kappa shape index (κ1) is 15.3. The van der Waals surface area contributed by atoms with Crippen LogP contribution in [0.5, 0.6) is 0 Å². The predicted molar refractivity (Wildman–Crippen MR) is 94.2 cm³/mol. The van der Waals surface area contributed by atoms with Gasteiger partial charge in [0.25, 0.3) is 0 Å². The van der Waals surface area contributed by atoms with Crippen LogP contribution in [-0.2, 0) is 0 Å². The van der Waals surface area contributed by atoms with E-state index in [1.54, 1.807) is 0 Å². The predicted octanol–water partition coefficient (Wildman–Crippen LogP) is 6.10. The van der Waals surface area contributed by atoms with Crippen LogP contribution in [0.1, 0.15) is 65.2 Å². The summed E-state index contributed by atoms with van der Waals surface area (Å²) in [5, 5.41) is 4.70. The standard InChI is InChI=1S/C19H29NS/c1-19(2)13-7-8-15(14-19)20-17-11-5-6-12-18(17)21-16-9-3-4-10-16/h5-6,11-12,15-16,20H,3-4,7-10,13-14H2,1-2H3. The third-order valence-corrected chi connectivity index (χ3v) is 6.46. The molecule has 2 aliphatic carbocycles. The molecule has 1 N–H and O–H groups in total. The van der Waals surface area contributed by atoms with E-state index in [0.29, 0.717) is 11.5 Å². The van der Waals surface area contributed by atoms with Gasteiger partial charge in [0.1, 0.15) is 0 Å². The monoisotopic (exact) mass is 303 g/mol. The summed E-state index contributed by atoms with van der Waals surface area (Å²) in [6.07, 6.45) is 11.0. The summed E-state index contributed by atoms with van der Waals surface area (Å²) in [5.41, 5.74) is 1.88. The van der Waals surface area contributed by atoms with Crippen LogP contribution in [0.2, 0.25) is 0 Å². The largest absolute Gasteiger partial charge is 0.381 e. The second kappa shape index (κ2) is 6.64. The van der Waals surface area contributed by atoms with E-state index in [2.05, 4.69) is 55.2 Å². The zero-order valence-electron chi connectivity index (χ0n) is 13.5. The lowest BCUT2D eigenvalue weighted by Crippen LogP contribution is -2.31. The molecular weight excluding hydrogens is 274 g/mol. The molecule has 0 radical (unpaired) electrons. The van der Waals surface area contributed by atoms with Gasteiger partial charge in [-0.25, -0.2) is 0 Å². The lowest BCUT2D eigenvalue weighted by Gasteiger charge is -2.36. The molecule has 116 valence electrons. The van der Waals surface area contributed by atoms with Gasteiger partial charge in [0, 0.05) is 21.9 Å². The molecule has 2 aliphatic rings. The smallest absolute Gasteiger partial charge is 0.0480 e. The van der Waals surface area contributed by atoms with Crippen LogP contribution in [0.15, 0.2) is 29.2 Å². The molecule has 0 heterocycles. The Morgan fingerprint density at radius 2 is 1.81 bits per heavy atom. The molecule has 2 heteroatoms. The SMILES string of the molecule is CC1(C)CCCC(Nc2ccccc2SC2CCCC2)C1. The fourth-order valence-corrected chi connectivity index (χ4v) is 5.25. The zero-order valence-corrected chi connectivity index (χ0v) is 14.3. The highest BCUT2D eigenvalue weighted by molar-refractivity contribution is 8.00. The highest BCUT2D eigenvalue weighted by atomic mass is 32.2. The van der Waals surface area contributed by atoms with Crippen molar-refractivity contribution in [3.63, 3.8) is 0 Å². The topological polar surface area (TPSA) is 12.0 Å². The van der Waals surface area contributed by atoms with E-state index in [0.717, 1.165) is 5.25 Å². The first-order valence-corrected chi connectivity index (χ1v) is 9.53. The Labute approximate surface area is 134 Å². The number of para-hydroxylation sites is 1. The van der Waals surface area contributed by atoms with Crippen molar-refractivity contribution in [3.05, 3.63) is 24.3 Å². The van der Waals surface area contributed by atoms with Crippen LogP contribution in [0.3, 0.4) is 0 Å². The van der Waals surface area contributed by atoms with Gasteiger partial charge in [0.15, 0.2) is 0 Å². The quantitative estimate of drug-likeness (QED) is 0.721. The summed E-state index contributed by atoms with van der Waals surface area (Å²) in [6, 6.07) is 9.60. The molecule has 0 amide bonds. The van der Waals surface area contributed by atoms with Gasteiger partial charge in [-0.2, -0.15) is 0 Å². The summed E-state index contributed by atoms with van der Waals surface area (Å²) in [6.45, 7) is 4.83. The van der Waals surface area contributed by atoms with Gasteiger partial charge in [-0.15, -0.1) is 11.8 Å². The van der Waals surface area contributed by atoms with Crippen molar-refractivity contribution in [3.8, 4) is 0 Å². The molecule has 1 aromatic rings. The van der Waals surface area contributed by atoms with Gasteiger partial charge in [0.05, 0.1) is 0 Å². The van der Waals surface area contributed by atoms with Crippen molar-refractivity contribution in [2.45, 2.75) is 81.4 Å². The molecule has 0 bridgehead atoms. The highest BCUT2D eigenvalue weighted by Crippen LogP contribution is 2.40. The first-order chi connectivity index (χ1) is 10.1. The van der Waals surface area contributed by atoms with Gasteiger partial charge in [0.2, 0.25) is 0 Å². The molecule has 0 aromatic heterocycles. The normalized spacial score (nSPS) is 25.9. The van der Waals surface area contributed by atoms with Crippen molar-refractivity contribution >= 4 is 17.4 Å². The van der Waals surface area contributed by atoms with Crippen molar-refractivity contribution in [2.24, 2.45) is 5.41 Å². The van der Waals surface area contributed by atoms with E-state index < -0.39 is 0 Å². The first-order valence-electron chi connectivity index (χ1n) is 8.65. The number of hydrogen-bond acceptors (Lipinski definition) is 2. The van der Waals surface area contributed by atoms with Gasteiger partial charge in [-0.3, -0.25) is 0 Å². The number of anilines is 1. The van der Waals surface area contributed by atoms with E-state index >= 15 is 0 Å². The minimum atomic E-state index is 0.503. The maximum atomic E-state index is 3.86. The van der Waals surface area contributed by atoms with Crippen molar-refractivity contribution < 1.29 is 0 Å². The minimum Gasteiger partial charge on any atom is -0.381 e. The third-order valence-electron chi connectivity index (χ3n) is 5.05. The van der Waals surface area contributed by atoms with Gasteiger partial charge >= 0.3 is 0 Å². The number of thioether (sulfide) groups is 1. The number of rotatable bonds is 4. The number of nitrogens with one attached hydrogen (secondary N) is 1. The molecule has 0 spiro atoms. The number of hydrogen-bond donors (Lipinski definition) is 1. The Bertz CT molecular complexity index is 462. The molecule has 1 aromatic carbocycles. The summed E-state index contributed by atoms with van der Waals surface area (Å²) < 4.78 is 0. The average molecular weight is 304 g/mol. The summed E-state index contributed by atoms with van der Waals surface area (Å²) in [7, 11) is 0. The second-order valence-electron chi connectivity index (χ2n) is 7.62. The van der Waals surface area contributed by atoms with E-state index in [4.69, 9.17) is 0 Å². The van der Waals surface area contributed by atoms with Crippen LogP contribution in [-0.4, -0.2) is 11.3 Å². The fourth-order valence-electron chi connectivity index (χ4n) is 3.92. The maximum absolute atomic E-state index is 3.86. The van der Waals surface area contributed by atoms with Crippen LogP contribution in [0, 0.1) is 5.41 Å². The van der Waals surface area contributed by atoms with E-state index in [1.807, 2.05) is 0 Å². The fraction of sp³-hybridized carbons (Fsp3) is 0.684. The maximum Gasteiger partial charge on any atom is 0.0480 e. The molecule has 2 saturated carbocycles. The molecule has 1 nitrogen and oxygen atoms in total. The van der Waals surface area contributed by atoms with Gasteiger partial charge in [-0.05, 0) is 49.7 Å².